The van der Waals surface area contributed by atoms with Gasteiger partial charge in [0.25, 0.3) is 5.91 Å². The van der Waals surface area contributed by atoms with Crippen LogP contribution in [-0.2, 0) is 16.4 Å². The Bertz CT molecular complexity index is 1280. The van der Waals surface area contributed by atoms with Gasteiger partial charge in [-0.3, -0.25) is 4.79 Å². The molecule has 0 aromatic heterocycles. The average Bonchev–Trinajstić information content (AvgIpc) is 2.95. The molecule has 0 aliphatic carbocycles. The standard InChI is InChI=1S/C28H32Cl2N2O5S/c1-36-26-13-10-23(19-27(26)37-2)24(18-21-6-4-3-5-7-21)20-31-28(33)22-8-11-25(12-9-22)38(34,35)32(16-14-29)17-15-30/h3-13,19,24H,14-18,20H2,1-2H3,(H,31,33)/t24-/m1/s1. The van der Waals surface area contributed by atoms with Crippen molar-refractivity contribution in [3.05, 3.63) is 89.5 Å². The van der Waals surface area contributed by atoms with E-state index in [2.05, 4.69) is 5.32 Å². The van der Waals surface area contributed by atoms with Crippen LogP contribution in [0, 0.1) is 0 Å². The van der Waals surface area contributed by atoms with Gasteiger partial charge in [-0.05, 0) is 53.9 Å². The topological polar surface area (TPSA) is 84.9 Å². The van der Waals surface area contributed by atoms with E-state index in [9.17, 15) is 13.2 Å². The SMILES string of the molecule is COc1ccc([C@@H](CNC(=O)c2ccc(S(=O)(=O)N(CCCl)CCCl)cc2)Cc2ccccc2)cc1OC. The van der Waals surface area contributed by atoms with Crippen LogP contribution in [0.4, 0.5) is 0 Å². The molecule has 0 saturated heterocycles. The molecule has 0 bridgehead atoms. The Morgan fingerprint density at radius 2 is 1.53 bits per heavy atom. The lowest BCUT2D eigenvalue weighted by molar-refractivity contribution is 0.0951. The Morgan fingerprint density at radius 3 is 2.11 bits per heavy atom. The molecule has 1 atom stereocenters. The fraction of sp³-hybridized carbons (Fsp3) is 0.321. The number of carbonyl (C=O) groups excluding carboxylic acids is 1. The molecule has 0 fully saturated rings. The summed E-state index contributed by atoms with van der Waals surface area (Å²) in [7, 11) is -0.592. The summed E-state index contributed by atoms with van der Waals surface area (Å²) in [4.78, 5) is 13.1. The van der Waals surface area contributed by atoms with Crippen molar-refractivity contribution in [1.82, 2.24) is 9.62 Å². The number of nitrogens with one attached hydrogen (secondary N) is 1. The van der Waals surface area contributed by atoms with Crippen LogP contribution in [0.3, 0.4) is 0 Å². The molecule has 0 heterocycles. The van der Waals surface area contributed by atoms with Crippen molar-refractivity contribution in [3.63, 3.8) is 0 Å². The Kier molecular flexibility index (Phi) is 11.3. The zero-order chi connectivity index (χ0) is 27.5. The summed E-state index contributed by atoms with van der Waals surface area (Å²) in [6.07, 6.45) is 0.699. The molecule has 0 saturated carbocycles. The maximum absolute atomic E-state index is 13.0. The fourth-order valence-electron chi connectivity index (χ4n) is 4.10. The minimum Gasteiger partial charge on any atom is -0.493 e. The highest BCUT2D eigenvalue weighted by molar-refractivity contribution is 7.89. The summed E-state index contributed by atoms with van der Waals surface area (Å²) < 4.78 is 37.9. The number of sulfonamides is 1. The summed E-state index contributed by atoms with van der Waals surface area (Å²) in [5.41, 5.74) is 2.48. The number of benzene rings is 3. The van der Waals surface area contributed by atoms with Crippen molar-refractivity contribution < 1.29 is 22.7 Å². The van der Waals surface area contributed by atoms with Gasteiger partial charge in [0.15, 0.2) is 11.5 Å². The van der Waals surface area contributed by atoms with Crippen LogP contribution in [0.5, 0.6) is 11.5 Å². The molecule has 1 N–H and O–H groups in total. The van der Waals surface area contributed by atoms with Crippen LogP contribution in [0.1, 0.15) is 27.4 Å². The number of alkyl halides is 2. The quantitative estimate of drug-likeness (QED) is 0.274. The molecule has 3 rings (SSSR count). The second-order valence-corrected chi connectivity index (χ2v) is 11.2. The molecule has 0 unspecified atom stereocenters. The molecule has 0 aliphatic rings. The van der Waals surface area contributed by atoms with Crippen LogP contribution in [0.15, 0.2) is 77.7 Å². The zero-order valence-corrected chi connectivity index (χ0v) is 23.7. The third kappa shape index (κ3) is 7.63. The molecule has 1 amide bonds. The highest BCUT2D eigenvalue weighted by Gasteiger charge is 2.24. The lowest BCUT2D eigenvalue weighted by atomic mass is 9.91. The maximum atomic E-state index is 13.0. The summed E-state index contributed by atoms with van der Waals surface area (Å²) in [6.45, 7) is 0.665. The minimum absolute atomic E-state index is 0.0412. The summed E-state index contributed by atoms with van der Waals surface area (Å²) in [5.74, 6) is 1.21. The Morgan fingerprint density at radius 1 is 0.895 bits per heavy atom. The van der Waals surface area contributed by atoms with Crippen molar-refractivity contribution in [2.45, 2.75) is 17.2 Å². The van der Waals surface area contributed by atoms with E-state index in [4.69, 9.17) is 32.7 Å². The monoisotopic (exact) mass is 578 g/mol. The zero-order valence-electron chi connectivity index (χ0n) is 21.4. The number of ether oxygens (including phenoxy) is 2. The summed E-state index contributed by atoms with van der Waals surface area (Å²) >= 11 is 11.5. The Hall–Kier alpha value is -2.78. The van der Waals surface area contributed by atoms with Gasteiger partial charge < -0.3 is 14.8 Å². The molecule has 38 heavy (non-hydrogen) atoms. The van der Waals surface area contributed by atoms with Gasteiger partial charge in [0.2, 0.25) is 10.0 Å². The highest BCUT2D eigenvalue weighted by atomic mass is 35.5. The van der Waals surface area contributed by atoms with Crippen molar-refractivity contribution in [1.29, 1.82) is 0 Å². The van der Waals surface area contributed by atoms with Crippen molar-refractivity contribution in [3.8, 4) is 11.5 Å². The number of hydrogen-bond acceptors (Lipinski definition) is 5. The average molecular weight is 580 g/mol. The predicted molar refractivity (Wildman–Crippen MR) is 151 cm³/mol. The number of halogens is 2. The smallest absolute Gasteiger partial charge is 0.251 e. The number of amides is 1. The van der Waals surface area contributed by atoms with Crippen LogP contribution in [0.25, 0.3) is 0 Å². The first-order valence-electron chi connectivity index (χ1n) is 12.1. The molecule has 3 aromatic rings. The van der Waals surface area contributed by atoms with Crippen molar-refractivity contribution in [2.24, 2.45) is 0 Å². The van der Waals surface area contributed by atoms with Crippen LogP contribution >= 0.6 is 23.2 Å². The number of rotatable bonds is 14. The highest BCUT2D eigenvalue weighted by Crippen LogP contribution is 2.32. The van der Waals surface area contributed by atoms with E-state index in [-0.39, 0.29) is 41.6 Å². The van der Waals surface area contributed by atoms with Gasteiger partial charge in [-0.15, -0.1) is 23.2 Å². The third-order valence-corrected chi connectivity index (χ3v) is 8.39. The molecule has 204 valence electrons. The molecular formula is C28H32Cl2N2O5S. The van der Waals surface area contributed by atoms with E-state index in [0.29, 0.717) is 30.0 Å². The van der Waals surface area contributed by atoms with Crippen LogP contribution in [-0.4, -0.2) is 64.2 Å². The largest absolute Gasteiger partial charge is 0.493 e. The lowest BCUT2D eigenvalue weighted by Gasteiger charge is -2.21. The molecule has 10 heteroatoms. The molecule has 0 radical (unpaired) electrons. The molecule has 7 nitrogen and oxygen atoms in total. The first-order chi connectivity index (χ1) is 18.3. The van der Waals surface area contributed by atoms with E-state index in [1.165, 1.54) is 28.6 Å². The number of nitrogens with zero attached hydrogens (tertiary/aromatic N) is 1. The number of carbonyl (C=O) groups is 1. The molecular weight excluding hydrogens is 547 g/mol. The van der Waals surface area contributed by atoms with E-state index in [0.717, 1.165) is 11.1 Å². The van der Waals surface area contributed by atoms with Gasteiger partial charge in [-0.25, -0.2) is 8.42 Å². The van der Waals surface area contributed by atoms with E-state index >= 15 is 0 Å². The van der Waals surface area contributed by atoms with Gasteiger partial charge in [0.1, 0.15) is 0 Å². The minimum atomic E-state index is -3.77. The first kappa shape index (κ1) is 29.8. The molecule has 0 aliphatic heterocycles. The first-order valence-corrected chi connectivity index (χ1v) is 14.6. The van der Waals surface area contributed by atoms with Gasteiger partial charge in [-0.2, -0.15) is 4.31 Å². The number of hydrogen-bond donors (Lipinski definition) is 1. The second-order valence-electron chi connectivity index (χ2n) is 8.52. The van der Waals surface area contributed by atoms with Crippen LogP contribution < -0.4 is 14.8 Å². The lowest BCUT2D eigenvalue weighted by Crippen LogP contribution is -2.34. The predicted octanol–water partition coefficient (Wildman–Crippen LogP) is 4.93. The summed E-state index contributed by atoms with van der Waals surface area (Å²) in [5, 5.41) is 3.00. The molecule has 3 aromatic carbocycles. The van der Waals surface area contributed by atoms with Gasteiger partial charge in [-0.1, -0.05) is 36.4 Å². The molecule has 0 spiro atoms. The second kappa shape index (κ2) is 14.4. The third-order valence-electron chi connectivity index (χ3n) is 6.14. The van der Waals surface area contributed by atoms with Crippen LogP contribution in [0.2, 0.25) is 0 Å². The Labute approximate surface area is 234 Å². The van der Waals surface area contributed by atoms with E-state index in [1.54, 1.807) is 14.2 Å². The maximum Gasteiger partial charge on any atom is 0.251 e. The normalized spacial score (nSPS) is 12.2. The van der Waals surface area contributed by atoms with Crippen molar-refractivity contribution in [2.75, 3.05) is 45.6 Å². The fourth-order valence-corrected chi connectivity index (χ4v) is 6.15. The van der Waals surface area contributed by atoms with Crippen molar-refractivity contribution >= 4 is 39.1 Å². The summed E-state index contributed by atoms with van der Waals surface area (Å²) in [6, 6.07) is 21.6. The van der Waals surface area contributed by atoms with Gasteiger partial charge in [0, 0.05) is 42.9 Å². The van der Waals surface area contributed by atoms with Gasteiger partial charge in [0.05, 0.1) is 19.1 Å². The van der Waals surface area contributed by atoms with E-state index < -0.39 is 10.0 Å². The number of methoxy groups -OCH3 is 2. The Balaban J connectivity index is 1.77. The van der Waals surface area contributed by atoms with Gasteiger partial charge >= 0.3 is 0 Å². The van der Waals surface area contributed by atoms with E-state index in [1.807, 2.05) is 48.5 Å².